The van der Waals surface area contributed by atoms with E-state index >= 15 is 0 Å². The third-order valence-electron chi connectivity index (χ3n) is 2.35. The molecule has 0 amide bonds. The van der Waals surface area contributed by atoms with Gasteiger partial charge in [0.1, 0.15) is 0 Å². The molecule has 1 heterocycles. The summed E-state index contributed by atoms with van der Waals surface area (Å²) in [4.78, 5) is 4.47. The van der Waals surface area contributed by atoms with Crippen LogP contribution < -0.4 is 0 Å². The summed E-state index contributed by atoms with van der Waals surface area (Å²) < 4.78 is 12.3. The molecule has 0 bridgehead atoms. The van der Waals surface area contributed by atoms with Gasteiger partial charge in [-0.15, -0.1) is 0 Å². The van der Waals surface area contributed by atoms with Crippen molar-refractivity contribution in [3.63, 3.8) is 0 Å². The van der Waals surface area contributed by atoms with Crippen molar-refractivity contribution in [3.05, 3.63) is 9.91 Å². The largest absolute Gasteiger partial charge is 0.294 e. The fraction of sp³-hybridized carbons (Fsp3) is 0.700. The van der Waals surface area contributed by atoms with Crippen LogP contribution in [0.1, 0.15) is 32.6 Å². The van der Waals surface area contributed by atoms with Gasteiger partial charge < -0.3 is 0 Å². The molecule has 3 heteroatoms. The highest BCUT2D eigenvalue weighted by atomic mass is 127. The van der Waals surface area contributed by atoms with E-state index in [0.29, 0.717) is 5.92 Å². The molecule has 0 aromatic heterocycles. The zero-order valence-electron chi connectivity index (χ0n) is 7.89. The molecule has 0 fully saturated rings. The number of aliphatic imine (C=N–C) groups is 1. The summed E-state index contributed by atoms with van der Waals surface area (Å²) in [5.74, 6) is 0.417. The van der Waals surface area contributed by atoms with E-state index < -0.39 is 0 Å². The van der Waals surface area contributed by atoms with Gasteiger partial charge in [0.25, 0.3) is 0 Å². The molecule has 1 rings (SSSR count). The maximum atomic E-state index is 12.4. The SMILES string of the molecule is CC(C/C=C(/F)I)C1=NCCCC1. The highest BCUT2D eigenvalue weighted by Crippen LogP contribution is 2.18. The van der Waals surface area contributed by atoms with E-state index in [1.54, 1.807) is 28.7 Å². The molecule has 0 aromatic carbocycles. The second-order valence-corrected chi connectivity index (χ2v) is 4.49. The van der Waals surface area contributed by atoms with Crippen LogP contribution in [0.4, 0.5) is 4.39 Å². The Bertz CT molecular complexity index is 219. The minimum atomic E-state index is -0.110. The number of hydrogen-bond donors (Lipinski definition) is 0. The van der Waals surface area contributed by atoms with Crippen molar-refractivity contribution in [1.29, 1.82) is 0 Å². The van der Waals surface area contributed by atoms with Crippen molar-refractivity contribution >= 4 is 28.3 Å². The summed E-state index contributed by atoms with van der Waals surface area (Å²) in [7, 11) is 0. The highest BCUT2D eigenvalue weighted by Gasteiger charge is 2.11. The van der Waals surface area contributed by atoms with Crippen LogP contribution in [-0.4, -0.2) is 12.3 Å². The molecule has 1 atom stereocenters. The van der Waals surface area contributed by atoms with E-state index in [-0.39, 0.29) is 3.83 Å². The molecular weight excluding hydrogens is 280 g/mol. The Labute approximate surface area is 92.7 Å². The summed E-state index contributed by atoms with van der Waals surface area (Å²) in [6.07, 6.45) is 6.00. The number of allylic oxidation sites excluding steroid dienone is 1. The zero-order chi connectivity index (χ0) is 9.68. The predicted octanol–water partition coefficient (Wildman–Crippen LogP) is 3.88. The van der Waals surface area contributed by atoms with Crippen LogP contribution in [0.25, 0.3) is 0 Å². The van der Waals surface area contributed by atoms with Gasteiger partial charge in [0.15, 0.2) is 3.83 Å². The monoisotopic (exact) mass is 295 g/mol. The average Bonchev–Trinajstić information content (AvgIpc) is 2.15. The Morgan fingerprint density at radius 3 is 3.00 bits per heavy atom. The van der Waals surface area contributed by atoms with Crippen LogP contribution in [0.2, 0.25) is 0 Å². The molecule has 0 aliphatic carbocycles. The first kappa shape index (κ1) is 11.1. The van der Waals surface area contributed by atoms with Crippen LogP contribution in [0.5, 0.6) is 0 Å². The first-order valence-corrected chi connectivity index (χ1v) is 5.82. The van der Waals surface area contributed by atoms with Gasteiger partial charge in [-0.05, 0) is 60.3 Å². The second kappa shape index (κ2) is 5.73. The summed E-state index contributed by atoms with van der Waals surface area (Å²) in [5.41, 5.74) is 1.28. The van der Waals surface area contributed by atoms with Crippen molar-refractivity contribution in [2.45, 2.75) is 32.6 Å². The van der Waals surface area contributed by atoms with Crippen molar-refractivity contribution in [2.24, 2.45) is 10.9 Å². The molecule has 74 valence electrons. The number of rotatable bonds is 3. The molecule has 0 saturated heterocycles. The Morgan fingerprint density at radius 1 is 1.69 bits per heavy atom. The molecule has 0 N–H and O–H groups in total. The summed E-state index contributed by atoms with van der Waals surface area (Å²) in [6.45, 7) is 3.09. The topological polar surface area (TPSA) is 12.4 Å². The third-order valence-corrected chi connectivity index (χ3v) is 2.79. The van der Waals surface area contributed by atoms with Gasteiger partial charge in [-0.1, -0.05) is 6.92 Å². The maximum Gasteiger partial charge on any atom is 0.156 e. The maximum absolute atomic E-state index is 12.4. The Morgan fingerprint density at radius 2 is 2.46 bits per heavy atom. The lowest BCUT2D eigenvalue weighted by molar-refractivity contribution is 0.661. The Hall–Kier alpha value is 0.0700. The van der Waals surface area contributed by atoms with Gasteiger partial charge in [0.05, 0.1) is 0 Å². The minimum Gasteiger partial charge on any atom is -0.294 e. The zero-order valence-corrected chi connectivity index (χ0v) is 10.1. The molecule has 13 heavy (non-hydrogen) atoms. The van der Waals surface area contributed by atoms with Gasteiger partial charge >= 0.3 is 0 Å². The second-order valence-electron chi connectivity index (χ2n) is 3.46. The van der Waals surface area contributed by atoms with E-state index in [9.17, 15) is 4.39 Å². The smallest absolute Gasteiger partial charge is 0.156 e. The van der Waals surface area contributed by atoms with Gasteiger partial charge in [-0.2, -0.15) is 0 Å². The van der Waals surface area contributed by atoms with Gasteiger partial charge in [-0.3, -0.25) is 4.99 Å². The quantitative estimate of drug-likeness (QED) is 0.701. The van der Waals surface area contributed by atoms with Crippen LogP contribution in [0.15, 0.2) is 14.9 Å². The van der Waals surface area contributed by atoms with Gasteiger partial charge in [0, 0.05) is 12.3 Å². The molecule has 0 saturated carbocycles. The van der Waals surface area contributed by atoms with E-state index in [1.165, 1.54) is 18.6 Å². The molecular formula is C10H15FIN. The van der Waals surface area contributed by atoms with E-state index in [4.69, 9.17) is 0 Å². The fourth-order valence-electron chi connectivity index (χ4n) is 1.52. The third kappa shape index (κ3) is 4.20. The lowest BCUT2D eigenvalue weighted by Crippen LogP contribution is -2.14. The van der Waals surface area contributed by atoms with Gasteiger partial charge in [-0.25, -0.2) is 4.39 Å². The summed E-state index contributed by atoms with van der Waals surface area (Å²) >= 11 is 1.70. The molecule has 1 unspecified atom stereocenters. The standard InChI is InChI=1S/C10H15FIN/c1-8(5-6-10(11)12)9-4-2-3-7-13-9/h6,8H,2-5,7H2,1H3/b10-6-. The number of hydrogen-bond acceptors (Lipinski definition) is 1. The van der Waals surface area contributed by atoms with Crippen LogP contribution >= 0.6 is 22.6 Å². The molecule has 0 spiro atoms. The molecule has 1 aliphatic heterocycles. The number of halogens is 2. The predicted molar refractivity (Wildman–Crippen MR) is 63.1 cm³/mol. The first-order valence-electron chi connectivity index (χ1n) is 4.74. The van der Waals surface area contributed by atoms with Crippen LogP contribution in [0.3, 0.4) is 0 Å². The van der Waals surface area contributed by atoms with Crippen molar-refractivity contribution in [1.82, 2.24) is 0 Å². The molecule has 1 nitrogen and oxygen atoms in total. The Balaban J connectivity index is 2.42. The Kier molecular flexibility index (Phi) is 4.91. The lowest BCUT2D eigenvalue weighted by atomic mass is 9.95. The first-order chi connectivity index (χ1) is 6.20. The van der Waals surface area contributed by atoms with E-state index in [2.05, 4.69) is 11.9 Å². The minimum absolute atomic E-state index is 0.110. The highest BCUT2D eigenvalue weighted by molar-refractivity contribution is 14.1. The van der Waals surface area contributed by atoms with Crippen LogP contribution in [0, 0.1) is 5.92 Å². The summed E-state index contributed by atoms with van der Waals surface area (Å²) in [6, 6.07) is 0. The van der Waals surface area contributed by atoms with Crippen molar-refractivity contribution < 1.29 is 4.39 Å². The van der Waals surface area contributed by atoms with E-state index in [1.807, 2.05) is 0 Å². The molecule has 1 aliphatic rings. The fourth-order valence-corrected chi connectivity index (χ4v) is 1.78. The normalized spacial score (nSPS) is 21.2. The lowest BCUT2D eigenvalue weighted by Gasteiger charge is -2.16. The van der Waals surface area contributed by atoms with Crippen molar-refractivity contribution in [3.8, 4) is 0 Å². The average molecular weight is 295 g/mol. The summed E-state index contributed by atoms with van der Waals surface area (Å²) in [5, 5.41) is 0. The molecule has 0 aromatic rings. The van der Waals surface area contributed by atoms with Crippen LogP contribution in [-0.2, 0) is 0 Å². The van der Waals surface area contributed by atoms with E-state index in [0.717, 1.165) is 19.4 Å². The van der Waals surface area contributed by atoms with Gasteiger partial charge in [0.2, 0.25) is 0 Å². The molecule has 0 radical (unpaired) electrons. The number of nitrogens with zero attached hydrogens (tertiary/aromatic N) is 1. The van der Waals surface area contributed by atoms with Crippen molar-refractivity contribution in [2.75, 3.05) is 6.54 Å².